The van der Waals surface area contributed by atoms with Crippen LogP contribution in [-0.2, 0) is 11.3 Å². The van der Waals surface area contributed by atoms with Crippen LogP contribution in [0.1, 0.15) is 30.7 Å². The predicted molar refractivity (Wildman–Crippen MR) is 86.4 cm³/mol. The Morgan fingerprint density at radius 1 is 1.41 bits per heavy atom. The first kappa shape index (κ1) is 15.2. The second-order valence-corrected chi connectivity index (χ2v) is 6.82. The molecule has 0 unspecified atom stereocenters. The number of hydrogen-bond acceptors (Lipinski definition) is 5. The quantitative estimate of drug-likeness (QED) is 0.886. The molecule has 22 heavy (non-hydrogen) atoms. The van der Waals surface area contributed by atoms with Crippen molar-refractivity contribution < 1.29 is 14.6 Å². The molecule has 6 heteroatoms. The lowest BCUT2D eigenvalue weighted by Crippen LogP contribution is -2.34. The monoisotopic (exact) mass is 320 g/mol. The van der Waals surface area contributed by atoms with Crippen LogP contribution in [-0.4, -0.2) is 29.2 Å². The maximum absolute atomic E-state index is 11.0. The van der Waals surface area contributed by atoms with Gasteiger partial charge in [-0.05, 0) is 43.9 Å². The topological polar surface area (TPSA) is 71.5 Å². The van der Waals surface area contributed by atoms with Crippen LogP contribution in [0.3, 0.4) is 0 Å². The number of carboxylic acids is 1. The molecular weight excluding hydrogens is 300 g/mol. The number of hydrogen-bond donors (Lipinski definition) is 2. The fourth-order valence-corrected chi connectivity index (χ4v) is 3.88. The van der Waals surface area contributed by atoms with Crippen molar-refractivity contribution in [2.24, 2.45) is 5.92 Å². The molecule has 3 rings (SSSR count). The molecule has 1 fully saturated rings. The first-order valence-corrected chi connectivity index (χ1v) is 8.37. The van der Waals surface area contributed by atoms with Gasteiger partial charge in [-0.3, -0.25) is 4.79 Å². The molecule has 1 aliphatic rings. The second-order valence-electron chi connectivity index (χ2n) is 5.71. The largest absolute Gasteiger partial charge is 0.497 e. The number of benzene rings is 1. The average Bonchev–Trinajstić information content (AvgIpc) is 2.95. The summed E-state index contributed by atoms with van der Waals surface area (Å²) in [5.74, 6) is 0.0363. The summed E-state index contributed by atoms with van der Waals surface area (Å²) in [5, 5.41) is 13.6. The molecule has 2 aromatic rings. The number of aromatic nitrogens is 1. The molecular formula is C16H20N2O3S. The number of methoxy groups -OCH3 is 1. The molecule has 0 aliphatic heterocycles. The number of aliphatic carboxylic acids is 1. The summed E-state index contributed by atoms with van der Waals surface area (Å²) in [6, 6.07) is 6.31. The van der Waals surface area contributed by atoms with E-state index in [1.54, 1.807) is 18.4 Å². The minimum absolute atomic E-state index is 0.159. The molecule has 0 radical (unpaired) electrons. The number of fused-ring (bicyclic) bond motifs is 1. The van der Waals surface area contributed by atoms with E-state index in [1.807, 2.05) is 18.2 Å². The van der Waals surface area contributed by atoms with E-state index in [-0.39, 0.29) is 5.92 Å². The third-order valence-electron chi connectivity index (χ3n) is 4.26. The summed E-state index contributed by atoms with van der Waals surface area (Å²) in [7, 11) is 1.66. The molecule has 1 aromatic carbocycles. The van der Waals surface area contributed by atoms with Gasteiger partial charge in [-0.2, -0.15) is 0 Å². The highest BCUT2D eigenvalue weighted by molar-refractivity contribution is 7.18. The Kier molecular flexibility index (Phi) is 4.59. The van der Waals surface area contributed by atoms with Gasteiger partial charge in [-0.15, -0.1) is 11.3 Å². The van der Waals surface area contributed by atoms with Gasteiger partial charge < -0.3 is 15.2 Å². The summed E-state index contributed by atoms with van der Waals surface area (Å²) in [5.41, 5.74) is 0.997. The lowest BCUT2D eigenvalue weighted by Gasteiger charge is -2.26. The molecule has 1 aromatic heterocycles. The second kappa shape index (κ2) is 6.62. The number of rotatable bonds is 5. The van der Waals surface area contributed by atoms with Gasteiger partial charge in [0.2, 0.25) is 0 Å². The Bertz CT molecular complexity index is 662. The Morgan fingerprint density at radius 3 is 2.86 bits per heavy atom. The van der Waals surface area contributed by atoms with Crippen LogP contribution in [0.25, 0.3) is 10.2 Å². The van der Waals surface area contributed by atoms with Crippen molar-refractivity contribution in [3.8, 4) is 5.75 Å². The van der Waals surface area contributed by atoms with Gasteiger partial charge >= 0.3 is 5.97 Å². The molecule has 1 heterocycles. The summed E-state index contributed by atoms with van der Waals surface area (Å²) >= 11 is 1.67. The van der Waals surface area contributed by atoms with Crippen molar-refractivity contribution in [2.45, 2.75) is 38.3 Å². The van der Waals surface area contributed by atoms with Crippen LogP contribution >= 0.6 is 11.3 Å². The standard InChI is InChI=1S/C16H20N2O3S/c1-21-12-6-7-13-14(8-12)22-15(18-13)9-17-11-4-2-10(3-5-11)16(19)20/h6-8,10-11,17H,2-5,9H2,1H3,(H,19,20). The van der Waals surface area contributed by atoms with Gasteiger partial charge in [0.1, 0.15) is 10.8 Å². The van der Waals surface area contributed by atoms with E-state index in [2.05, 4.69) is 10.3 Å². The van der Waals surface area contributed by atoms with Crippen molar-refractivity contribution in [2.75, 3.05) is 7.11 Å². The molecule has 118 valence electrons. The minimum atomic E-state index is -0.654. The van der Waals surface area contributed by atoms with Crippen molar-refractivity contribution >= 4 is 27.5 Å². The van der Waals surface area contributed by atoms with Gasteiger partial charge in [-0.25, -0.2) is 4.98 Å². The summed E-state index contributed by atoms with van der Waals surface area (Å²) in [6.07, 6.45) is 3.39. The number of carboxylic acid groups (broad SMARTS) is 1. The zero-order valence-electron chi connectivity index (χ0n) is 12.5. The Balaban J connectivity index is 1.57. The average molecular weight is 320 g/mol. The lowest BCUT2D eigenvalue weighted by molar-refractivity contribution is -0.142. The van der Waals surface area contributed by atoms with E-state index < -0.39 is 5.97 Å². The maximum Gasteiger partial charge on any atom is 0.306 e. The first-order valence-electron chi connectivity index (χ1n) is 7.55. The van der Waals surface area contributed by atoms with Crippen LogP contribution in [0.2, 0.25) is 0 Å². The smallest absolute Gasteiger partial charge is 0.306 e. The van der Waals surface area contributed by atoms with Crippen molar-refractivity contribution in [1.29, 1.82) is 0 Å². The van der Waals surface area contributed by atoms with E-state index in [4.69, 9.17) is 9.84 Å². The third kappa shape index (κ3) is 3.39. The Hall–Kier alpha value is -1.66. The van der Waals surface area contributed by atoms with E-state index in [0.717, 1.165) is 53.2 Å². The summed E-state index contributed by atoms with van der Waals surface area (Å²) in [4.78, 5) is 15.6. The van der Waals surface area contributed by atoms with E-state index in [0.29, 0.717) is 6.04 Å². The Morgan fingerprint density at radius 2 is 2.18 bits per heavy atom. The molecule has 0 amide bonds. The van der Waals surface area contributed by atoms with Gasteiger partial charge in [0, 0.05) is 12.6 Å². The van der Waals surface area contributed by atoms with Crippen LogP contribution < -0.4 is 10.1 Å². The highest BCUT2D eigenvalue weighted by Gasteiger charge is 2.25. The van der Waals surface area contributed by atoms with Crippen LogP contribution in [0.15, 0.2) is 18.2 Å². The Labute approximate surface area is 133 Å². The van der Waals surface area contributed by atoms with Crippen LogP contribution in [0.4, 0.5) is 0 Å². The number of thiazole rings is 1. The fraction of sp³-hybridized carbons (Fsp3) is 0.500. The molecule has 1 saturated carbocycles. The number of nitrogens with zero attached hydrogens (tertiary/aromatic N) is 1. The van der Waals surface area contributed by atoms with Gasteiger partial charge in [0.15, 0.2) is 0 Å². The van der Waals surface area contributed by atoms with Crippen LogP contribution in [0, 0.1) is 5.92 Å². The first-order chi connectivity index (χ1) is 10.7. The molecule has 0 atom stereocenters. The van der Waals surface area contributed by atoms with Crippen molar-refractivity contribution in [3.63, 3.8) is 0 Å². The number of carbonyl (C=O) groups is 1. The molecule has 5 nitrogen and oxygen atoms in total. The molecule has 0 spiro atoms. The molecule has 1 aliphatic carbocycles. The normalized spacial score (nSPS) is 21.9. The maximum atomic E-state index is 11.0. The molecule has 0 saturated heterocycles. The summed E-state index contributed by atoms with van der Waals surface area (Å²) < 4.78 is 6.36. The number of nitrogens with one attached hydrogen (secondary N) is 1. The van der Waals surface area contributed by atoms with Gasteiger partial charge in [0.25, 0.3) is 0 Å². The summed E-state index contributed by atoms with van der Waals surface area (Å²) in [6.45, 7) is 0.740. The van der Waals surface area contributed by atoms with Crippen LogP contribution in [0.5, 0.6) is 5.75 Å². The highest BCUT2D eigenvalue weighted by atomic mass is 32.1. The minimum Gasteiger partial charge on any atom is -0.497 e. The predicted octanol–water partition coefficient (Wildman–Crippen LogP) is 3.04. The molecule has 0 bridgehead atoms. The third-order valence-corrected chi connectivity index (χ3v) is 5.28. The highest BCUT2D eigenvalue weighted by Crippen LogP contribution is 2.27. The lowest BCUT2D eigenvalue weighted by atomic mass is 9.86. The van der Waals surface area contributed by atoms with E-state index in [9.17, 15) is 4.79 Å². The molecule has 2 N–H and O–H groups in total. The zero-order valence-corrected chi connectivity index (χ0v) is 13.4. The van der Waals surface area contributed by atoms with E-state index in [1.165, 1.54) is 0 Å². The van der Waals surface area contributed by atoms with Gasteiger partial charge in [0.05, 0.1) is 23.2 Å². The fourth-order valence-electron chi connectivity index (χ4n) is 2.93. The van der Waals surface area contributed by atoms with Crippen molar-refractivity contribution in [3.05, 3.63) is 23.2 Å². The van der Waals surface area contributed by atoms with Crippen molar-refractivity contribution in [1.82, 2.24) is 10.3 Å². The van der Waals surface area contributed by atoms with E-state index >= 15 is 0 Å². The number of ether oxygens (including phenoxy) is 1. The SMILES string of the molecule is COc1ccc2nc(CNC3CCC(C(=O)O)CC3)sc2c1. The van der Waals surface area contributed by atoms with Gasteiger partial charge in [-0.1, -0.05) is 0 Å². The zero-order chi connectivity index (χ0) is 15.5.